The molecule has 0 bridgehead atoms. The van der Waals surface area contributed by atoms with Gasteiger partial charge in [-0.15, -0.1) is 0 Å². The van der Waals surface area contributed by atoms with E-state index in [1.165, 1.54) is 16.7 Å². The van der Waals surface area contributed by atoms with Crippen molar-refractivity contribution < 1.29 is 0 Å². The average Bonchev–Trinajstić information content (AvgIpc) is 2.24. The first-order valence-corrected chi connectivity index (χ1v) is 5.51. The molecule has 0 saturated carbocycles. The summed E-state index contributed by atoms with van der Waals surface area (Å²) in [5, 5.41) is 0. The van der Waals surface area contributed by atoms with Crippen LogP contribution < -0.4 is 5.73 Å². The molecule has 0 amide bonds. The van der Waals surface area contributed by atoms with Crippen LogP contribution in [0.2, 0.25) is 0 Å². The van der Waals surface area contributed by atoms with Gasteiger partial charge >= 0.3 is 0 Å². The van der Waals surface area contributed by atoms with Crippen LogP contribution in [-0.4, -0.2) is 0 Å². The molecule has 0 aromatic heterocycles. The van der Waals surface area contributed by atoms with Gasteiger partial charge < -0.3 is 5.73 Å². The Morgan fingerprint density at radius 2 is 1.60 bits per heavy atom. The number of hydrogen-bond acceptors (Lipinski definition) is 1. The van der Waals surface area contributed by atoms with Crippen LogP contribution in [0.3, 0.4) is 0 Å². The first-order chi connectivity index (χ1) is 7.04. The Bertz CT molecular complexity index is 303. The summed E-state index contributed by atoms with van der Waals surface area (Å²) in [5.74, 6) is 0. The summed E-state index contributed by atoms with van der Waals surface area (Å²) in [4.78, 5) is 0. The molecule has 0 rings (SSSR count). The molecular formula is C14H23N. The predicted molar refractivity (Wildman–Crippen MR) is 69.5 cm³/mol. The number of allylic oxidation sites excluding steroid dienone is 7. The van der Waals surface area contributed by atoms with E-state index in [9.17, 15) is 0 Å². The summed E-state index contributed by atoms with van der Waals surface area (Å²) < 4.78 is 0. The van der Waals surface area contributed by atoms with Gasteiger partial charge in [0.05, 0.1) is 0 Å². The van der Waals surface area contributed by atoms with Crippen LogP contribution in [0.5, 0.6) is 0 Å². The number of nitrogens with two attached hydrogens (primary N) is 1. The van der Waals surface area contributed by atoms with Crippen molar-refractivity contribution in [3.05, 3.63) is 47.2 Å². The summed E-state index contributed by atoms with van der Waals surface area (Å²) in [6, 6.07) is 0. The molecule has 0 aliphatic rings. The third-order valence-electron chi connectivity index (χ3n) is 2.50. The van der Waals surface area contributed by atoms with Gasteiger partial charge in [-0.2, -0.15) is 0 Å². The van der Waals surface area contributed by atoms with Gasteiger partial charge in [-0.3, -0.25) is 0 Å². The highest BCUT2D eigenvalue weighted by Gasteiger charge is 1.94. The van der Waals surface area contributed by atoms with E-state index in [0.717, 1.165) is 18.5 Å². The van der Waals surface area contributed by atoms with Gasteiger partial charge in [-0.1, -0.05) is 32.6 Å². The minimum atomic E-state index is 0.899. The van der Waals surface area contributed by atoms with E-state index in [-0.39, 0.29) is 0 Å². The first kappa shape index (κ1) is 13.8. The largest absolute Gasteiger partial charge is 0.402 e. The highest BCUT2D eigenvalue weighted by molar-refractivity contribution is 5.36. The van der Waals surface area contributed by atoms with Crippen LogP contribution in [-0.2, 0) is 0 Å². The molecule has 0 aromatic carbocycles. The van der Waals surface area contributed by atoms with Crippen molar-refractivity contribution in [3.63, 3.8) is 0 Å². The second kappa shape index (κ2) is 7.10. The van der Waals surface area contributed by atoms with E-state index in [4.69, 9.17) is 5.73 Å². The smallest absolute Gasteiger partial charge is 0.00804 e. The number of rotatable bonds is 5. The second-order valence-electron chi connectivity index (χ2n) is 3.72. The lowest BCUT2D eigenvalue weighted by molar-refractivity contribution is 1.06. The van der Waals surface area contributed by atoms with Crippen molar-refractivity contribution in [3.8, 4) is 0 Å². The van der Waals surface area contributed by atoms with Crippen LogP contribution in [0.4, 0.5) is 0 Å². The maximum atomic E-state index is 5.79. The average molecular weight is 205 g/mol. The molecule has 0 saturated heterocycles. The Hall–Kier alpha value is -1.24. The maximum Gasteiger partial charge on any atom is 0.00804 e. The third kappa shape index (κ3) is 5.26. The molecule has 0 aromatic rings. The minimum absolute atomic E-state index is 0.899. The van der Waals surface area contributed by atoms with Crippen molar-refractivity contribution in [2.24, 2.45) is 5.73 Å². The molecule has 0 spiro atoms. The van der Waals surface area contributed by atoms with E-state index in [0.29, 0.717) is 0 Å². The SMILES string of the molecule is C=C\C(=C/C(C)=C(C)/C=C(\N)CC)CC. The third-order valence-corrected chi connectivity index (χ3v) is 2.50. The van der Waals surface area contributed by atoms with Crippen molar-refractivity contribution in [2.45, 2.75) is 40.5 Å². The number of hydrogen-bond donors (Lipinski definition) is 1. The molecule has 0 fully saturated rings. The van der Waals surface area contributed by atoms with Crippen molar-refractivity contribution in [1.82, 2.24) is 0 Å². The Morgan fingerprint density at radius 3 is 2.00 bits per heavy atom. The fourth-order valence-electron chi connectivity index (χ4n) is 1.19. The van der Waals surface area contributed by atoms with Crippen LogP contribution in [0.1, 0.15) is 40.5 Å². The van der Waals surface area contributed by atoms with Gasteiger partial charge in [0, 0.05) is 5.70 Å². The first-order valence-electron chi connectivity index (χ1n) is 5.51. The van der Waals surface area contributed by atoms with Crippen molar-refractivity contribution >= 4 is 0 Å². The van der Waals surface area contributed by atoms with E-state index in [1.54, 1.807) is 0 Å². The monoisotopic (exact) mass is 205 g/mol. The highest BCUT2D eigenvalue weighted by atomic mass is 14.6. The van der Waals surface area contributed by atoms with E-state index in [2.05, 4.69) is 40.3 Å². The van der Waals surface area contributed by atoms with Gasteiger partial charge in [-0.25, -0.2) is 0 Å². The normalized spacial score (nSPS) is 14.9. The minimum Gasteiger partial charge on any atom is -0.402 e. The van der Waals surface area contributed by atoms with Crippen LogP contribution in [0.25, 0.3) is 0 Å². The fraction of sp³-hybridized carbons (Fsp3) is 0.429. The lowest BCUT2D eigenvalue weighted by atomic mass is 10.0. The Kier molecular flexibility index (Phi) is 6.52. The summed E-state index contributed by atoms with van der Waals surface area (Å²) in [7, 11) is 0. The zero-order chi connectivity index (χ0) is 11.8. The molecule has 84 valence electrons. The Labute approximate surface area is 94.1 Å². The van der Waals surface area contributed by atoms with Crippen molar-refractivity contribution in [1.29, 1.82) is 0 Å². The topological polar surface area (TPSA) is 26.0 Å². The summed E-state index contributed by atoms with van der Waals surface area (Å²) >= 11 is 0. The van der Waals surface area contributed by atoms with Gasteiger partial charge in [-0.05, 0) is 49.5 Å². The van der Waals surface area contributed by atoms with Gasteiger partial charge in [0.1, 0.15) is 0 Å². The predicted octanol–water partition coefficient (Wildman–Crippen LogP) is 4.10. The second-order valence-corrected chi connectivity index (χ2v) is 3.72. The Balaban J connectivity index is 4.94. The molecular weight excluding hydrogens is 182 g/mol. The zero-order valence-corrected chi connectivity index (χ0v) is 10.4. The molecule has 0 atom stereocenters. The van der Waals surface area contributed by atoms with Crippen molar-refractivity contribution in [2.75, 3.05) is 0 Å². The molecule has 2 N–H and O–H groups in total. The summed E-state index contributed by atoms with van der Waals surface area (Å²) in [6.45, 7) is 12.2. The fourth-order valence-corrected chi connectivity index (χ4v) is 1.19. The van der Waals surface area contributed by atoms with E-state index in [1.807, 2.05) is 12.2 Å². The van der Waals surface area contributed by atoms with Gasteiger partial charge in [0.15, 0.2) is 0 Å². The van der Waals surface area contributed by atoms with E-state index < -0.39 is 0 Å². The molecule has 1 nitrogen and oxygen atoms in total. The summed E-state index contributed by atoms with van der Waals surface area (Å²) in [6.07, 6.45) is 8.03. The van der Waals surface area contributed by atoms with E-state index >= 15 is 0 Å². The molecule has 0 unspecified atom stereocenters. The Morgan fingerprint density at radius 1 is 1.07 bits per heavy atom. The lowest BCUT2D eigenvalue weighted by Crippen LogP contribution is -1.95. The van der Waals surface area contributed by atoms with Crippen LogP contribution >= 0.6 is 0 Å². The molecule has 0 aliphatic carbocycles. The molecule has 0 radical (unpaired) electrons. The zero-order valence-electron chi connectivity index (χ0n) is 10.4. The lowest BCUT2D eigenvalue weighted by Gasteiger charge is -2.03. The van der Waals surface area contributed by atoms with Gasteiger partial charge in [0.25, 0.3) is 0 Å². The summed E-state index contributed by atoms with van der Waals surface area (Å²) in [5.41, 5.74) is 10.5. The quantitative estimate of drug-likeness (QED) is 0.672. The van der Waals surface area contributed by atoms with Crippen LogP contribution in [0.15, 0.2) is 47.2 Å². The maximum absolute atomic E-state index is 5.79. The highest BCUT2D eigenvalue weighted by Crippen LogP contribution is 2.13. The standard InChI is InChI=1S/C14H23N/c1-6-13(7-2)9-11(4)12(5)10-14(15)8-3/h6,9-10H,1,7-8,15H2,2-5H3/b12-11+,13-9+,14-10-. The molecule has 1 heteroatoms. The molecule has 15 heavy (non-hydrogen) atoms. The molecule has 0 aliphatic heterocycles. The van der Waals surface area contributed by atoms with Crippen LogP contribution in [0, 0.1) is 0 Å². The van der Waals surface area contributed by atoms with Gasteiger partial charge in [0.2, 0.25) is 0 Å². The molecule has 0 heterocycles.